The number of benzene rings is 1. The zero-order valence-corrected chi connectivity index (χ0v) is 23.0. The lowest BCUT2D eigenvalue weighted by Crippen LogP contribution is -2.48. The Morgan fingerprint density at radius 1 is 0.925 bits per heavy atom. The van der Waals surface area contributed by atoms with Crippen molar-refractivity contribution in [1.29, 1.82) is 5.26 Å². The van der Waals surface area contributed by atoms with Gasteiger partial charge in [-0.2, -0.15) is 5.26 Å². The molecule has 0 unspecified atom stereocenters. The highest BCUT2D eigenvalue weighted by Crippen LogP contribution is 2.16. The summed E-state index contributed by atoms with van der Waals surface area (Å²) < 4.78 is 0. The quantitative estimate of drug-likeness (QED) is 0.366. The maximum absolute atomic E-state index is 12.9. The van der Waals surface area contributed by atoms with E-state index in [0.29, 0.717) is 11.3 Å². The van der Waals surface area contributed by atoms with E-state index in [9.17, 15) is 4.79 Å². The van der Waals surface area contributed by atoms with Crippen molar-refractivity contribution in [3.63, 3.8) is 0 Å². The van der Waals surface area contributed by atoms with Crippen LogP contribution in [0.25, 0.3) is 0 Å². The average Bonchev–Trinajstić information content (AvgIpc) is 3.00. The van der Waals surface area contributed by atoms with E-state index >= 15 is 0 Å². The molecule has 5 rings (SSSR count). The standard InChI is InChI=1S/C31H36N8O/c1-33-30(39-18-16-38(17-19-39)23-26-8-12-34-13-9-26)27-6-7-29(35-21-27)31(40)36-28-10-14-37(15-11-28)22-25-4-2-24(20-32)3-5-25/h2-9,12-13,21,28H,10-11,14-19,22-23H2,1H3,(H,36,40). The summed E-state index contributed by atoms with van der Waals surface area (Å²) in [7, 11) is 1.81. The normalized spacial score (nSPS) is 17.4. The Hall–Kier alpha value is -4.13. The van der Waals surface area contributed by atoms with Crippen molar-refractivity contribution < 1.29 is 4.79 Å². The molecule has 2 fully saturated rings. The largest absolute Gasteiger partial charge is 0.354 e. The molecule has 0 saturated carbocycles. The molecule has 0 bridgehead atoms. The molecule has 1 N–H and O–H groups in total. The molecule has 1 aromatic carbocycles. The molecule has 2 saturated heterocycles. The Bertz CT molecular complexity index is 1320. The highest BCUT2D eigenvalue weighted by Gasteiger charge is 2.23. The van der Waals surface area contributed by atoms with E-state index in [2.05, 4.69) is 53.2 Å². The summed E-state index contributed by atoms with van der Waals surface area (Å²) in [4.78, 5) is 33.2. The number of piperazine rings is 1. The van der Waals surface area contributed by atoms with Gasteiger partial charge in [-0.15, -0.1) is 0 Å². The van der Waals surface area contributed by atoms with Gasteiger partial charge >= 0.3 is 0 Å². The van der Waals surface area contributed by atoms with Crippen LogP contribution in [0.2, 0.25) is 0 Å². The Kier molecular flexibility index (Phi) is 9.11. The molecule has 2 aliphatic rings. The summed E-state index contributed by atoms with van der Waals surface area (Å²) >= 11 is 0. The fraction of sp³-hybridized carbons (Fsp3) is 0.387. The van der Waals surface area contributed by atoms with E-state index < -0.39 is 0 Å². The van der Waals surface area contributed by atoms with Gasteiger partial charge in [-0.1, -0.05) is 12.1 Å². The lowest BCUT2D eigenvalue weighted by atomic mass is 10.0. The number of hydrogen-bond donors (Lipinski definition) is 1. The summed E-state index contributed by atoms with van der Waals surface area (Å²) in [6.07, 6.45) is 7.25. The lowest BCUT2D eigenvalue weighted by molar-refractivity contribution is 0.0904. The molecule has 1 amide bonds. The van der Waals surface area contributed by atoms with E-state index in [1.165, 1.54) is 11.1 Å². The van der Waals surface area contributed by atoms with E-state index in [4.69, 9.17) is 5.26 Å². The monoisotopic (exact) mass is 536 g/mol. The zero-order chi connectivity index (χ0) is 27.7. The molecule has 40 heavy (non-hydrogen) atoms. The number of carbonyl (C=O) groups is 1. The first-order valence-electron chi connectivity index (χ1n) is 13.9. The second-order valence-electron chi connectivity index (χ2n) is 10.4. The Morgan fingerprint density at radius 2 is 1.57 bits per heavy atom. The molecule has 0 aliphatic carbocycles. The summed E-state index contributed by atoms with van der Waals surface area (Å²) in [6.45, 7) is 7.33. The van der Waals surface area contributed by atoms with Gasteiger partial charge in [0.25, 0.3) is 5.91 Å². The Morgan fingerprint density at radius 3 is 2.17 bits per heavy atom. The Balaban J connectivity index is 1.08. The molecule has 0 spiro atoms. The Labute approximate surface area is 236 Å². The van der Waals surface area contributed by atoms with Gasteiger partial charge in [-0.3, -0.25) is 29.6 Å². The van der Waals surface area contributed by atoms with Crippen LogP contribution in [0.1, 0.15) is 45.6 Å². The predicted molar refractivity (Wildman–Crippen MR) is 155 cm³/mol. The maximum Gasteiger partial charge on any atom is 0.270 e. The van der Waals surface area contributed by atoms with Crippen molar-refractivity contribution in [1.82, 2.24) is 30.0 Å². The number of rotatable bonds is 7. The number of aromatic nitrogens is 2. The van der Waals surface area contributed by atoms with E-state index in [-0.39, 0.29) is 11.9 Å². The van der Waals surface area contributed by atoms with Crippen LogP contribution in [0.3, 0.4) is 0 Å². The third-order valence-electron chi connectivity index (χ3n) is 7.71. The molecule has 3 aromatic rings. The van der Waals surface area contributed by atoms with Crippen LogP contribution in [0, 0.1) is 11.3 Å². The molecule has 4 heterocycles. The number of nitrogens with zero attached hydrogens (tertiary/aromatic N) is 7. The van der Waals surface area contributed by atoms with E-state index in [1.807, 2.05) is 49.8 Å². The van der Waals surface area contributed by atoms with Crippen molar-refractivity contribution in [2.45, 2.75) is 32.0 Å². The van der Waals surface area contributed by atoms with Gasteiger partial charge in [-0.05, 0) is 60.4 Å². The number of piperidine rings is 1. The van der Waals surface area contributed by atoms with Crippen LogP contribution < -0.4 is 5.32 Å². The van der Waals surface area contributed by atoms with Crippen molar-refractivity contribution in [2.24, 2.45) is 4.99 Å². The molecular weight excluding hydrogens is 500 g/mol. The number of nitriles is 1. The predicted octanol–water partition coefficient (Wildman–Crippen LogP) is 2.94. The first kappa shape index (κ1) is 27.4. The zero-order valence-electron chi connectivity index (χ0n) is 23.0. The number of nitrogens with one attached hydrogen (secondary N) is 1. The number of pyridine rings is 2. The number of aliphatic imine (C=N–C) groups is 1. The van der Waals surface area contributed by atoms with Crippen LogP contribution in [0.5, 0.6) is 0 Å². The number of likely N-dealkylation sites (tertiary alicyclic amines) is 1. The molecule has 2 aliphatic heterocycles. The molecule has 9 heteroatoms. The molecule has 0 atom stereocenters. The highest BCUT2D eigenvalue weighted by molar-refractivity contribution is 5.99. The van der Waals surface area contributed by atoms with Gasteiger partial charge in [0.05, 0.1) is 11.6 Å². The fourth-order valence-corrected chi connectivity index (χ4v) is 5.42. The van der Waals surface area contributed by atoms with E-state index in [1.54, 1.807) is 12.3 Å². The first-order chi connectivity index (χ1) is 19.6. The summed E-state index contributed by atoms with van der Waals surface area (Å²) in [5, 5.41) is 12.1. The van der Waals surface area contributed by atoms with Crippen LogP contribution in [0.4, 0.5) is 0 Å². The molecule has 9 nitrogen and oxygen atoms in total. The van der Waals surface area contributed by atoms with Crippen molar-refractivity contribution in [2.75, 3.05) is 46.3 Å². The van der Waals surface area contributed by atoms with Gasteiger partial charge in [0, 0.05) is 89.6 Å². The number of carbonyl (C=O) groups excluding carboxylic acids is 1. The van der Waals surface area contributed by atoms with Crippen molar-refractivity contribution in [3.8, 4) is 6.07 Å². The molecular formula is C31H36N8O. The SMILES string of the molecule is CN=C(c1ccc(C(=O)NC2CCN(Cc3ccc(C#N)cc3)CC2)nc1)N1CCN(Cc2ccncc2)CC1. The minimum absolute atomic E-state index is 0.128. The van der Waals surface area contributed by atoms with Crippen LogP contribution in [0.15, 0.2) is 72.1 Å². The molecule has 0 radical (unpaired) electrons. The van der Waals surface area contributed by atoms with Gasteiger partial charge in [0.15, 0.2) is 0 Å². The van der Waals surface area contributed by atoms with E-state index in [0.717, 1.165) is 76.6 Å². The first-order valence-corrected chi connectivity index (χ1v) is 13.9. The van der Waals surface area contributed by atoms with Crippen LogP contribution in [-0.4, -0.2) is 88.8 Å². The van der Waals surface area contributed by atoms with Crippen molar-refractivity contribution >= 4 is 11.7 Å². The summed E-state index contributed by atoms with van der Waals surface area (Å²) in [6, 6.07) is 17.9. The smallest absolute Gasteiger partial charge is 0.270 e. The third kappa shape index (κ3) is 7.08. The second-order valence-corrected chi connectivity index (χ2v) is 10.4. The van der Waals surface area contributed by atoms with Gasteiger partial charge < -0.3 is 10.2 Å². The summed E-state index contributed by atoms with van der Waals surface area (Å²) in [5.41, 5.74) is 4.52. The third-order valence-corrected chi connectivity index (χ3v) is 7.71. The van der Waals surface area contributed by atoms with Crippen molar-refractivity contribution in [3.05, 3.63) is 95.1 Å². The highest BCUT2D eigenvalue weighted by atomic mass is 16.1. The number of amides is 1. The topological polar surface area (TPSA) is 101 Å². The maximum atomic E-state index is 12.9. The molecule has 2 aromatic heterocycles. The average molecular weight is 537 g/mol. The van der Waals surface area contributed by atoms with Gasteiger partial charge in [0.2, 0.25) is 0 Å². The lowest BCUT2D eigenvalue weighted by Gasteiger charge is -2.36. The van der Waals surface area contributed by atoms with Gasteiger partial charge in [0.1, 0.15) is 11.5 Å². The number of hydrogen-bond acceptors (Lipinski definition) is 7. The number of amidine groups is 1. The fourth-order valence-electron chi connectivity index (χ4n) is 5.42. The molecule has 206 valence electrons. The second kappa shape index (κ2) is 13.3. The van der Waals surface area contributed by atoms with Crippen LogP contribution in [-0.2, 0) is 13.1 Å². The van der Waals surface area contributed by atoms with Gasteiger partial charge in [-0.25, -0.2) is 0 Å². The minimum Gasteiger partial charge on any atom is -0.354 e. The van der Waals surface area contributed by atoms with Crippen LogP contribution >= 0.6 is 0 Å². The minimum atomic E-state index is -0.128. The summed E-state index contributed by atoms with van der Waals surface area (Å²) in [5.74, 6) is 0.787.